The molecule has 0 aromatic heterocycles. The molecule has 0 N–H and O–H groups in total. The number of rotatable bonds is 54. The predicted molar refractivity (Wildman–Crippen MR) is 363 cm³/mol. The van der Waals surface area contributed by atoms with Crippen LogP contribution in [0.4, 0.5) is 0 Å². The fourth-order valence-electron chi connectivity index (χ4n) is 11.9. The van der Waals surface area contributed by atoms with Crippen molar-refractivity contribution in [3.63, 3.8) is 0 Å². The average Bonchev–Trinajstić information content (AvgIpc) is 3.89. The monoisotopic (exact) mass is 1160 g/mol. The number of unbranched alkanes of at least 4 members (excludes halogenated alkanes) is 44. The van der Waals surface area contributed by atoms with Crippen molar-refractivity contribution in [2.24, 2.45) is 0 Å². The Hall–Kier alpha value is -1.99. The molecular formula is C78H138N2Ni. The van der Waals surface area contributed by atoms with Crippen molar-refractivity contribution in [2.75, 3.05) is 0 Å². The van der Waals surface area contributed by atoms with Gasteiger partial charge in [-0.3, -0.25) is 0 Å². The molecule has 0 spiro atoms. The summed E-state index contributed by atoms with van der Waals surface area (Å²) in [5.74, 6) is 0. The molecule has 1 heterocycles. The fraction of sp³-hybridized carbons (Fsp3) is 0.769. The van der Waals surface area contributed by atoms with E-state index < -0.39 is 0 Å². The second kappa shape index (κ2) is 61.1. The Morgan fingerprint density at radius 1 is 0.284 bits per heavy atom. The third-order valence-corrected chi connectivity index (χ3v) is 17.2. The van der Waals surface area contributed by atoms with Crippen LogP contribution in [0.5, 0.6) is 0 Å². The van der Waals surface area contributed by atoms with Crippen LogP contribution >= 0.6 is 0 Å². The predicted octanol–water partition coefficient (Wildman–Crippen LogP) is 28.0. The van der Waals surface area contributed by atoms with Gasteiger partial charge in [-0.05, 0) is 86.8 Å². The molecule has 0 atom stereocenters. The normalized spacial score (nSPS) is 12.2. The minimum Gasteiger partial charge on any atom is -0.493 e. The third kappa shape index (κ3) is 43.3. The number of hydrogen-bond acceptors (Lipinski definition) is 0. The summed E-state index contributed by atoms with van der Waals surface area (Å²) in [6.45, 7) is 21.5. The second-order valence-electron chi connectivity index (χ2n) is 24.9. The van der Waals surface area contributed by atoms with E-state index in [1.54, 1.807) is 4.70 Å². The van der Waals surface area contributed by atoms with Crippen molar-refractivity contribution in [1.82, 2.24) is 0 Å². The zero-order valence-corrected chi connectivity index (χ0v) is 56.4. The molecule has 81 heavy (non-hydrogen) atoms. The second-order valence-corrected chi connectivity index (χ2v) is 24.9. The first-order valence-corrected chi connectivity index (χ1v) is 36.2. The van der Waals surface area contributed by atoms with Gasteiger partial charge in [0.05, 0.1) is 0 Å². The molecule has 0 bridgehead atoms. The largest absolute Gasteiger partial charge is 2.00 e. The molecule has 0 amide bonds. The summed E-state index contributed by atoms with van der Waals surface area (Å²) in [5, 5.41) is 0. The first-order valence-electron chi connectivity index (χ1n) is 36.2. The van der Waals surface area contributed by atoms with Crippen LogP contribution in [0.3, 0.4) is 0 Å². The molecule has 2 nitrogen and oxygen atoms in total. The van der Waals surface area contributed by atoms with Gasteiger partial charge in [0.1, 0.15) is 0 Å². The van der Waals surface area contributed by atoms with Gasteiger partial charge in [0.15, 0.2) is 0 Å². The summed E-state index contributed by atoms with van der Waals surface area (Å²) in [5.41, 5.74) is 21.8. The summed E-state index contributed by atoms with van der Waals surface area (Å²) >= 11 is 0. The zero-order chi connectivity index (χ0) is 58.0. The topological polar surface area (TPSA) is 25.3 Å². The van der Waals surface area contributed by atoms with Crippen molar-refractivity contribution in [2.45, 2.75) is 388 Å². The van der Waals surface area contributed by atoms with Crippen molar-refractivity contribution in [1.29, 1.82) is 0 Å². The van der Waals surface area contributed by atoms with E-state index in [4.69, 9.17) is 0 Å². The molecule has 1 aliphatic rings. The summed E-state index contributed by atoms with van der Waals surface area (Å²) < 4.78 is 1.56. The summed E-state index contributed by atoms with van der Waals surface area (Å²) in [7, 11) is 0. The standard InChI is InChI=1S/C40H60N2.2C19H39.Ni/c1-5-9-13-15-17-19-22-33-28-30-35(31-29-33)39-37(26-11-7-3)38(27-12-8-4)40(42(39)41)36-25-21-24-34(32-36)23-20-18-16-14-10-6-2;2*1-3-5-7-9-11-13-15-17-19-18-16-14-12-10-8-6-4-2;/h21,24-25,28-32H,5-20,22-23,26-27H2,1-4H3;2*1,3-19H2,2H3;/q;2*-1;+2. The molecular weight excluding hydrogens is 1020 g/mol. The van der Waals surface area contributed by atoms with Crippen LogP contribution in [0.15, 0.2) is 59.7 Å². The van der Waals surface area contributed by atoms with Gasteiger partial charge < -0.3 is 19.4 Å². The number of hydrogen-bond donors (Lipinski definition) is 0. The Bertz CT molecular complexity index is 1640. The van der Waals surface area contributed by atoms with Gasteiger partial charge in [-0.2, -0.15) is 12.8 Å². The SMILES string of the molecule is CCCCCCCCc1ccc(C2=C(CCCC)C(CCCC)=C(c3cccc(CCCCCCCC)c3)[N+]2=[N-])cc1.[CH2-]CCCCCCCCCCCCCCCCCC.[CH2-]CCCCCCCCCCCCCCCCCC.[Ni+2]. The molecule has 2 aromatic rings. The molecule has 1 aliphatic heterocycles. The van der Waals surface area contributed by atoms with Crippen LogP contribution in [0.2, 0.25) is 0 Å². The molecule has 3 heteroatoms. The minimum absolute atomic E-state index is 0. The Kier molecular flexibility index (Phi) is 59.6. The Morgan fingerprint density at radius 2 is 0.556 bits per heavy atom. The van der Waals surface area contributed by atoms with E-state index in [1.807, 2.05) is 0 Å². The van der Waals surface area contributed by atoms with Gasteiger partial charge in [0, 0.05) is 22.3 Å². The number of aryl methyl sites for hydroxylation is 2. The number of allylic oxidation sites excluding steroid dienone is 2. The van der Waals surface area contributed by atoms with Crippen LogP contribution in [0.25, 0.3) is 16.9 Å². The number of benzene rings is 2. The number of nitrogens with zero attached hydrogens (tertiary/aromatic N) is 2. The van der Waals surface area contributed by atoms with Crippen LogP contribution in [-0.2, 0) is 29.3 Å². The minimum atomic E-state index is 0. The van der Waals surface area contributed by atoms with Gasteiger partial charge in [-0.15, -0.1) is 0 Å². The molecule has 470 valence electrons. The van der Waals surface area contributed by atoms with Crippen molar-refractivity contribution >= 4 is 11.4 Å². The molecule has 0 saturated carbocycles. The van der Waals surface area contributed by atoms with Gasteiger partial charge in [0.25, 0.3) is 0 Å². The first kappa shape index (κ1) is 79.0. The summed E-state index contributed by atoms with van der Waals surface area (Å²) in [4.78, 5) is 0. The Morgan fingerprint density at radius 3 is 0.864 bits per heavy atom. The van der Waals surface area contributed by atoms with Gasteiger partial charge in [0.2, 0.25) is 11.4 Å². The summed E-state index contributed by atoms with van der Waals surface area (Å²) in [6, 6.07) is 18.1. The van der Waals surface area contributed by atoms with Gasteiger partial charge in [-0.25, -0.2) is 4.70 Å². The maximum atomic E-state index is 11.9. The molecule has 0 fully saturated rings. The van der Waals surface area contributed by atoms with Crippen molar-refractivity contribution < 1.29 is 21.2 Å². The molecule has 0 unspecified atom stereocenters. The first-order chi connectivity index (χ1) is 39.5. The van der Waals surface area contributed by atoms with Crippen LogP contribution in [-0.4, -0.2) is 4.70 Å². The molecule has 0 saturated heterocycles. The fourth-order valence-corrected chi connectivity index (χ4v) is 11.9. The van der Waals surface area contributed by atoms with Crippen molar-refractivity contribution in [3.05, 3.63) is 101 Å². The summed E-state index contributed by atoms with van der Waals surface area (Å²) in [6.07, 6.45) is 73.4. The average molecular weight is 1160 g/mol. The van der Waals surface area contributed by atoms with Gasteiger partial charge >= 0.3 is 16.5 Å². The molecule has 0 radical (unpaired) electrons. The zero-order valence-electron chi connectivity index (χ0n) is 55.4. The molecule has 0 aliphatic carbocycles. The van der Waals surface area contributed by atoms with E-state index in [-0.39, 0.29) is 16.5 Å². The van der Waals surface area contributed by atoms with E-state index in [1.165, 1.54) is 305 Å². The van der Waals surface area contributed by atoms with E-state index in [0.717, 1.165) is 86.7 Å². The third-order valence-electron chi connectivity index (χ3n) is 17.2. The van der Waals surface area contributed by atoms with E-state index in [9.17, 15) is 5.53 Å². The van der Waals surface area contributed by atoms with E-state index in [2.05, 4.69) is 104 Å². The van der Waals surface area contributed by atoms with E-state index in [0.29, 0.717) is 0 Å². The maximum absolute atomic E-state index is 11.9. The van der Waals surface area contributed by atoms with E-state index >= 15 is 0 Å². The molecule has 2 aromatic carbocycles. The smallest absolute Gasteiger partial charge is 0.493 e. The Labute approximate surface area is 519 Å². The van der Waals surface area contributed by atoms with Crippen LogP contribution < -0.4 is 0 Å². The van der Waals surface area contributed by atoms with Crippen LogP contribution in [0.1, 0.15) is 398 Å². The maximum Gasteiger partial charge on any atom is 2.00 e. The van der Waals surface area contributed by atoms with Crippen LogP contribution in [0, 0.1) is 13.8 Å². The quantitative estimate of drug-likeness (QED) is 0.0273. The van der Waals surface area contributed by atoms with Crippen molar-refractivity contribution in [3.8, 4) is 0 Å². The van der Waals surface area contributed by atoms with Gasteiger partial charge in [-0.1, -0.05) is 348 Å². The molecule has 3 rings (SSSR count). The Balaban J connectivity index is 0.00000137.